The van der Waals surface area contributed by atoms with E-state index in [2.05, 4.69) is 20.7 Å². The van der Waals surface area contributed by atoms with Gasteiger partial charge in [-0.05, 0) is 35.9 Å². The van der Waals surface area contributed by atoms with Gasteiger partial charge in [0.15, 0.2) is 0 Å². The van der Waals surface area contributed by atoms with Crippen molar-refractivity contribution in [1.82, 2.24) is 20.1 Å². The van der Waals surface area contributed by atoms with Crippen LogP contribution in [-0.4, -0.2) is 33.1 Å². The maximum absolute atomic E-state index is 12.3. The molecule has 4 aromatic rings. The smallest absolute Gasteiger partial charge is 0.271 e. The topological polar surface area (TPSA) is 88.9 Å². The molecule has 0 saturated carbocycles. The first-order chi connectivity index (χ1) is 14.7. The van der Waals surface area contributed by atoms with E-state index < -0.39 is 0 Å². The highest BCUT2D eigenvalue weighted by molar-refractivity contribution is 7.09. The first-order valence-corrected chi connectivity index (χ1v) is 10.2. The van der Waals surface area contributed by atoms with Crippen molar-refractivity contribution >= 4 is 28.8 Å². The molecule has 0 saturated heterocycles. The monoisotopic (exact) mass is 417 g/mol. The Kier molecular flexibility index (Phi) is 5.95. The summed E-state index contributed by atoms with van der Waals surface area (Å²) in [5.74, 6) is -0.676. The van der Waals surface area contributed by atoms with Crippen molar-refractivity contribution in [2.24, 2.45) is 0 Å². The van der Waals surface area contributed by atoms with Crippen LogP contribution in [0.4, 0.5) is 5.69 Å². The molecule has 8 heteroatoms. The predicted octanol–water partition coefficient (Wildman–Crippen LogP) is 3.29. The number of hydrogen-bond donors (Lipinski definition) is 2. The van der Waals surface area contributed by atoms with Gasteiger partial charge in [0, 0.05) is 29.9 Å². The summed E-state index contributed by atoms with van der Waals surface area (Å²) >= 11 is 1.43. The van der Waals surface area contributed by atoms with Crippen LogP contribution >= 0.6 is 11.3 Å². The number of amides is 2. The van der Waals surface area contributed by atoms with Gasteiger partial charge in [0.05, 0.1) is 17.2 Å². The van der Waals surface area contributed by atoms with Crippen molar-refractivity contribution in [1.29, 1.82) is 0 Å². The highest BCUT2D eigenvalue weighted by Crippen LogP contribution is 2.15. The van der Waals surface area contributed by atoms with Crippen molar-refractivity contribution in [3.8, 4) is 5.69 Å². The normalized spacial score (nSPS) is 10.5. The molecule has 0 unspecified atom stereocenters. The third-order valence-electron chi connectivity index (χ3n) is 4.31. The Balaban J connectivity index is 1.27. The number of thiazole rings is 1. The molecule has 30 heavy (non-hydrogen) atoms. The zero-order valence-electron chi connectivity index (χ0n) is 16.0. The third kappa shape index (κ3) is 4.98. The lowest BCUT2D eigenvalue weighted by Gasteiger charge is -2.07. The fourth-order valence-corrected chi connectivity index (χ4v) is 3.65. The van der Waals surface area contributed by atoms with Crippen molar-refractivity contribution in [3.05, 3.63) is 94.7 Å². The molecule has 0 radical (unpaired) electrons. The second-order valence-electron chi connectivity index (χ2n) is 6.52. The number of rotatable bonds is 7. The summed E-state index contributed by atoms with van der Waals surface area (Å²) in [6, 6.07) is 19.1. The van der Waals surface area contributed by atoms with Gasteiger partial charge in [-0.1, -0.05) is 30.3 Å². The van der Waals surface area contributed by atoms with Crippen molar-refractivity contribution < 1.29 is 9.59 Å². The standard InChI is InChI=1S/C22H19N5O2S/c28-20(25-17-7-9-18(10-8-17)27-12-4-11-24-27)14-23-22(29)19-15-30-21(26-19)13-16-5-2-1-3-6-16/h1-12,15H,13-14H2,(H,23,29)(H,25,28). The molecule has 2 heterocycles. The van der Waals surface area contributed by atoms with Crippen molar-refractivity contribution in [2.45, 2.75) is 6.42 Å². The van der Waals surface area contributed by atoms with Crippen molar-refractivity contribution in [2.75, 3.05) is 11.9 Å². The lowest BCUT2D eigenvalue weighted by molar-refractivity contribution is -0.115. The molecule has 0 aliphatic rings. The average molecular weight is 417 g/mol. The maximum Gasteiger partial charge on any atom is 0.271 e. The highest BCUT2D eigenvalue weighted by atomic mass is 32.1. The SMILES string of the molecule is O=C(CNC(=O)c1csc(Cc2ccccc2)n1)Nc1ccc(-n2cccn2)cc1. The molecule has 2 amide bonds. The van der Waals surface area contributed by atoms with Gasteiger partial charge >= 0.3 is 0 Å². The number of aromatic nitrogens is 3. The van der Waals surface area contributed by atoms with E-state index in [1.165, 1.54) is 11.3 Å². The van der Waals surface area contributed by atoms with Crippen LogP contribution in [0.25, 0.3) is 5.69 Å². The highest BCUT2D eigenvalue weighted by Gasteiger charge is 2.12. The quantitative estimate of drug-likeness (QED) is 0.483. The molecule has 2 N–H and O–H groups in total. The number of nitrogens with zero attached hydrogens (tertiary/aromatic N) is 3. The first-order valence-electron chi connectivity index (χ1n) is 9.34. The van der Waals surface area contributed by atoms with E-state index in [0.29, 0.717) is 17.8 Å². The summed E-state index contributed by atoms with van der Waals surface area (Å²) in [7, 11) is 0. The third-order valence-corrected chi connectivity index (χ3v) is 5.16. The van der Waals surface area contributed by atoms with E-state index in [1.54, 1.807) is 28.4 Å². The summed E-state index contributed by atoms with van der Waals surface area (Å²) < 4.78 is 1.73. The van der Waals surface area contributed by atoms with Gasteiger partial charge in [-0.25, -0.2) is 9.67 Å². The molecular weight excluding hydrogens is 398 g/mol. The lowest BCUT2D eigenvalue weighted by Crippen LogP contribution is -2.33. The second-order valence-corrected chi connectivity index (χ2v) is 7.46. The van der Waals surface area contributed by atoms with Crippen LogP contribution in [0.3, 0.4) is 0 Å². The Bertz CT molecular complexity index is 1120. The lowest BCUT2D eigenvalue weighted by atomic mass is 10.2. The molecular formula is C22H19N5O2S. The van der Waals surface area contributed by atoms with Crippen molar-refractivity contribution in [3.63, 3.8) is 0 Å². The number of benzene rings is 2. The van der Waals surface area contributed by atoms with Crippen LogP contribution in [0, 0.1) is 0 Å². The minimum absolute atomic E-state index is 0.134. The van der Waals surface area contributed by atoms with Gasteiger partial charge < -0.3 is 10.6 Å². The molecule has 0 aliphatic carbocycles. The molecule has 0 aliphatic heterocycles. The van der Waals surface area contributed by atoms with Gasteiger partial charge in [0.25, 0.3) is 5.91 Å². The Hall–Kier alpha value is -3.78. The van der Waals surface area contributed by atoms with Crippen LogP contribution in [0.1, 0.15) is 21.1 Å². The fourth-order valence-electron chi connectivity index (χ4n) is 2.84. The molecule has 2 aromatic carbocycles. The van der Waals surface area contributed by atoms with E-state index in [4.69, 9.17) is 0 Å². The van der Waals surface area contributed by atoms with Crippen LogP contribution in [0.5, 0.6) is 0 Å². The first kappa shape index (κ1) is 19.5. The zero-order valence-corrected chi connectivity index (χ0v) is 16.8. The summed E-state index contributed by atoms with van der Waals surface area (Å²) in [4.78, 5) is 28.8. The van der Waals surface area contributed by atoms with Gasteiger partial charge in [-0.2, -0.15) is 5.10 Å². The predicted molar refractivity (Wildman–Crippen MR) is 116 cm³/mol. The largest absolute Gasteiger partial charge is 0.342 e. The molecule has 2 aromatic heterocycles. The Labute approximate surface area is 177 Å². The van der Waals surface area contributed by atoms with E-state index >= 15 is 0 Å². The Morgan fingerprint density at radius 2 is 1.80 bits per heavy atom. The molecule has 0 spiro atoms. The molecule has 0 atom stereocenters. The summed E-state index contributed by atoms with van der Waals surface area (Å²) in [6.07, 6.45) is 4.21. The van der Waals surface area contributed by atoms with E-state index in [9.17, 15) is 9.59 Å². The number of anilines is 1. The minimum atomic E-state index is -0.366. The second kappa shape index (κ2) is 9.15. The summed E-state index contributed by atoms with van der Waals surface area (Å²) in [5, 5.41) is 12.1. The fraction of sp³-hybridized carbons (Fsp3) is 0.0909. The van der Waals surface area contributed by atoms with Gasteiger partial charge in [0.2, 0.25) is 5.91 Å². The molecule has 0 fully saturated rings. The van der Waals surface area contributed by atoms with Gasteiger partial charge in [0.1, 0.15) is 5.69 Å². The van der Waals surface area contributed by atoms with Crippen LogP contribution in [-0.2, 0) is 11.2 Å². The molecule has 150 valence electrons. The van der Waals surface area contributed by atoms with Crippen LogP contribution in [0.15, 0.2) is 78.4 Å². The maximum atomic E-state index is 12.3. The Morgan fingerprint density at radius 1 is 1.00 bits per heavy atom. The molecule has 0 bridgehead atoms. The van der Waals surface area contributed by atoms with Crippen LogP contribution in [0.2, 0.25) is 0 Å². The number of nitrogens with one attached hydrogen (secondary N) is 2. The average Bonchev–Trinajstić information content (AvgIpc) is 3.46. The molecule has 4 rings (SSSR count). The van der Waals surface area contributed by atoms with E-state index in [-0.39, 0.29) is 18.4 Å². The van der Waals surface area contributed by atoms with E-state index in [1.807, 2.05) is 54.7 Å². The summed E-state index contributed by atoms with van der Waals surface area (Å²) in [6.45, 7) is -0.134. The molecule has 7 nitrogen and oxygen atoms in total. The minimum Gasteiger partial charge on any atom is -0.342 e. The van der Waals surface area contributed by atoms with Gasteiger partial charge in [-0.15, -0.1) is 11.3 Å². The number of carbonyl (C=O) groups is 2. The Morgan fingerprint density at radius 3 is 2.53 bits per heavy atom. The zero-order chi connectivity index (χ0) is 20.8. The number of hydrogen-bond acceptors (Lipinski definition) is 5. The van der Waals surface area contributed by atoms with E-state index in [0.717, 1.165) is 16.3 Å². The van der Waals surface area contributed by atoms with Crippen LogP contribution < -0.4 is 10.6 Å². The summed E-state index contributed by atoms with van der Waals surface area (Å²) in [5.41, 5.74) is 2.99. The van der Waals surface area contributed by atoms with Gasteiger partial charge in [-0.3, -0.25) is 9.59 Å². The number of carbonyl (C=O) groups excluding carboxylic acids is 2.